The fourth-order valence-corrected chi connectivity index (χ4v) is 3.39. The number of nitrogens with zero attached hydrogens (tertiary/aromatic N) is 1. The van der Waals surface area contributed by atoms with Crippen LogP contribution >= 0.6 is 0 Å². The first kappa shape index (κ1) is 19.4. The first-order valence-electron chi connectivity index (χ1n) is 9.42. The zero-order chi connectivity index (χ0) is 21.1. The van der Waals surface area contributed by atoms with E-state index in [9.17, 15) is 9.59 Å². The quantitative estimate of drug-likeness (QED) is 0.676. The van der Waals surface area contributed by atoms with Gasteiger partial charge in [-0.3, -0.25) is 14.6 Å². The highest BCUT2D eigenvalue weighted by Gasteiger charge is 2.27. The third-order valence-corrected chi connectivity index (χ3v) is 4.91. The molecule has 3 aromatic rings. The summed E-state index contributed by atoms with van der Waals surface area (Å²) >= 11 is 0. The summed E-state index contributed by atoms with van der Waals surface area (Å²) in [4.78, 5) is 27.7. The van der Waals surface area contributed by atoms with E-state index in [4.69, 9.17) is 19.9 Å². The van der Waals surface area contributed by atoms with Gasteiger partial charge in [0, 0.05) is 24.4 Å². The van der Waals surface area contributed by atoms with Crippen molar-refractivity contribution in [2.24, 2.45) is 5.73 Å². The van der Waals surface area contributed by atoms with E-state index < -0.39 is 12.0 Å². The van der Waals surface area contributed by atoms with Gasteiger partial charge in [0.1, 0.15) is 6.10 Å². The van der Waals surface area contributed by atoms with Crippen LogP contribution in [0.2, 0.25) is 0 Å². The molecule has 2 N–H and O–H groups in total. The summed E-state index contributed by atoms with van der Waals surface area (Å²) in [5.74, 6) is 0.707. The van der Waals surface area contributed by atoms with Crippen molar-refractivity contribution in [1.82, 2.24) is 4.98 Å². The Bertz CT molecular complexity index is 1080. The van der Waals surface area contributed by atoms with Crippen LogP contribution in [-0.2, 0) is 0 Å². The molecule has 1 aromatic heterocycles. The summed E-state index contributed by atoms with van der Waals surface area (Å²) in [6, 6.07) is 14.0. The standard InChI is InChI=1S/C23H20N2O5/c1-28-22-19(7-6-17-18(26)10-13-29-21(17)22)30-20(15-8-11-25-12-9-15)14-2-4-16(5-3-14)23(24)27/h2-9,11-12,20H,10,13H2,1H3,(H2,24,27)/t20-/m0/s1. The minimum Gasteiger partial charge on any atom is -0.490 e. The molecule has 2 heterocycles. The Morgan fingerprint density at radius 1 is 1.07 bits per heavy atom. The number of amides is 1. The topological polar surface area (TPSA) is 101 Å². The molecule has 0 saturated heterocycles. The summed E-state index contributed by atoms with van der Waals surface area (Å²) in [5, 5.41) is 0. The number of nitrogens with two attached hydrogens (primary N) is 1. The number of aromatic nitrogens is 1. The SMILES string of the molecule is COc1c(O[C@H](c2ccncc2)c2ccc(C(N)=O)cc2)ccc2c1OCCC2=O. The molecule has 1 atom stereocenters. The Balaban J connectivity index is 1.76. The van der Waals surface area contributed by atoms with Crippen LogP contribution in [0.1, 0.15) is 44.4 Å². The molecule has 1 aliphatic heterocycles. The van der Waals surface area contributed by atoms with Crippen LogP contribution in [0.5, 0.6) is 17.2 Å². The molecule has 0 saturated carbocycles. The maximum Gasteiger partial charge on any atom is 0.248 e. The van der Waals surface area contributed by atoms with Crippen LogP contribution in [0.4, 0.5) is 0 Å². The molecule has 0 aliphatic carbocycles. The van der Waals surface area contributed by atoms with Gasteiger partial charge in [-0.2, -0.15) is 0 Å². The fraction of sp³-hybridized carbons (Fsp3) is 0.174. The van der Waals surface area contributed by atoms with Crippen LogP contribution in [-0.4, -0.2) is 30.4 Å². The lowest BCUT2D eigenvalue weighted by Gasteiger charge is -2.24. The van der Waals surface area contributed by atoms with E-state index in [0.717, 1.165) is 11.1 Å². The predicted molar refractivity (Wildman–Crippen MR) is 109 cm³/mol. The van der Waals surface area contributed by atoms with Gasteiger partial charge < -0.3 is 19.9 Å². The molecular formula is C23H20N2O5. The molecule has 1 amide bonds. The normalized spacial score (nSPS) is 13.7. The highest BCUT2D eigenvalue weighted by molar-refractivity contribution is 6.00. The molecule has 7 heteroatoms. The number of carbonyl (C=O) groups is 2. The van der Waals surface area contributed by atoms with Gasteiger partial charge in [0.2, 0.25) is 11.7 Å². The number of Topliss-reactive ketones (excluding diaryl/α,β-unsaturated/α-hetero) is 1. The Morgan fingerprint density at radius 2 is 1.77 bits per heavy atom. The van der Waals surface area contributed by atoms with Gasteiger partial charge in [-0.25, -0.2) is 0 Å². The van der Waals surface area contributed by atoms with Gasteiger partial charge in [-0.15, -0.1) is 0 Å². The molecule has 7 nitrogen and oxygen atoms in total. The fourth-order valence-electron chi connectivity index (χ4n) is 3.39. The van der Waals surface area contributed by atoms with E-state index in [0.29, 0.717) is 41.4 Å². The van der Waals surface area contributed by atoms with Crippen molar-refractivity contribution >= 4 is 11.7 Å². The van der Waals surface area contributed by atoms with E-state index in [1.807, 2.05) is 12.1 Å². The second-order valence-corrected chi connectivity index (χ2v) is 6.76. The monoisotopic (exact) mass is 404 g/mol. The lowest BCUT2D eigenvalue weighted by atomic mass is 10.0. The molecule has 0 fully saturated rings. The van der Waals surface area contributed by atoms with Crippen molar-refractivity contribution in [3.8, 4) is 17.2 Å². The van der Waals surface area contributed by atoms with Gasteiger partial charge in [-0.05, 0) is 47.5 Å². The number of ketones is 1. The largest absolute Gasteiger partial charge is 0.490 e. The van der Waals surface area contributed by atoms with Crippen molar-refractivity contribution < 1.29 is 23.8 Å². The Labute approximate surface area is 173 Å². The van der Waals surface area contributed by atoms with Crippen LogP contribution in [0.15, 0.2) is 60.9 Å². The number of pyridine rings is 1. The van der Waals surface area contributed by atoms with Gasteiger partial charge in [-0.1, -0.05) is 12.1 Å². The first-order valence-corrected chi connectivity index (χ1v) is 9.42. The van der Waals surface area contributed by atoms with Crippen LogP contribution in [0.25, 0.3) is 0 Å². The van der Waals surface area contributed by atoms with E-state index in [2.05, 4.69) is 4.98 Å². The number of hydrogen-bond donors (Lipinski definition) is 1. The molecule has 2 aromatic carbocycles. The van der Waals surface area contributed by atoms with E-state index in [1.54, 1.807) is 48.8 Å². The Hall–Kier alpha value is -3.87. The lowest BCUT2D eigenvalue weighted by molar-refractivity contribution is 0.0928. The lowest BCUT2D eigenvalue weighted by Crippen LogP contribution is -2.17. The summed E-state index contributed by atoms with van der Waals surface area (Å²) in [7, 11) is 1.51. The molecule has 0 bridgehead atoms. The summed E-state index contributed by atoms with van der Waals surface area (Å²) in [5.41, 5.74) is 7.91. The number of ether oxygens (including phenoxy) is 3. The predicted octanol–water partition coefficient (Wildman–Crippen LogP) is 3.32. The van der Waals surface area contributed by atoms with Crippen molar-refractivity contribution in [2.75, 3.05) is 13.7 Å². The zero-order valence-electron chi connectivity index (χ0n) is 16.3. The number of primary amides is 1. The maximum atomic E-state index is 12.2. The van der Waals surface area contributed by atoms with E-state index in [-0.39, 0.29) is 5.78 Å². The van der Waals surface area contributed by atoms with Crippen LogP contribution < -0.4 is 19.9 Å². The van der Waals surface area contributed by atoms with Gasteiger partial charge in [0.25, 0.3) is 0 Å². The molecule has 4 rings (SSSR count). The average Bonchev–Trinajstić information content (AvgIpc) is 2.78. The van der Waals surface area contributed by atoms with Gasteiger partial charge in [0.15, 0.2) is 17.3 Å². The molecule has 30 heavy (non-hydrogen) atoms. The average molecular weight is 404 g/mol. The molecule has 152 valence electrons. The third kappa shape index (κ3) is 3.69. The second kappa shape index (κ2) is 8.24. The molecular weight excluding hydrogens is 384 g/mol. The van der Waals surface area contributed by atoms with Crippen molar-refractivity contribution in [3.05, 3.63) is 83.2 Å². The van der Waals surface area contributed by atoms with Crippen molar-refractivity contribution in [3.63, 3.8) is 0 Å². The number of carbonyl (C=O) groups excluding carboxylic acids is 2. The van der Waals surface area contributed by atoms with Gasteiger partial charge >= 0.3 is 0 Å². The van der Waals surface area contributed by atoms with E-state index in [1.165, 1.54) is 7.11 Å². The van der Waals surface area contributed by atoms with Crippen molar-refractivity contribution in [2.45, 2.75) is 12.5 Å². The third-order valence-electron chi connectivity index (χ3n) is 4.91. The highest BCUT2D eigenvalue weighted by atomic mass is 16.5. The molecule has 0 unspecified atom stereocenters. The minimum absolute atomic E-state index is 0.00817. The number of methoxy groups -OCH3 is 1. The Kier molecular flexibility index (Phi) is 5.34. The molecule has 1 aliphatic rings. The molecule has 0 spiro atoms. The van der Waals surface area contributed by atoms with Crippen LogP contribution in [0, 0.1) is 0 Å². The number of hydrogen-bond acceptors (Lipinski definition) is 6. The summed E-state index contributed by atoms with van der Waals surface area (Å²) in [6.45, 7) is 0.300. The maximum absolute atomic E-state index is 12.2. The van der Waals surface area contributed by atoms with Crippen LogP contribution in [0.3, 0.4) is 0 Å². The second-order valence-electron chi connectivity index (χ2n) is 6.76. The Morgan fingerprint density at radius 3 is 2.43 bits per heavy atom. The van der Waals surface area contributed by atoms with Gasteiger partial charge in [0.05, 0.1) is 19.3 Å². The van der Waals surface area contributed by atoms with E-state index >= 15 is 0 Å². The first-order chi connectivity index (χ1) is 14.6. The summed E-state index contributed by atoms with van der Waals surface area (Å²) < 4.78 is 17.6. The smallest absolute Gasteiger partial charge is 0.248 e. The number of rotatable bonds is 6. The van der Waals surface area contributed by atoms with Crippen molar-refractivity contribution in [1.29, 1.82) is 0 Å². The number of fused-ring (bicyclic) bond motifs is 1. The zero-order valence-corrected chi connectivity index (χ0v) is 16.3. The summed E-state index contributed by atoms with van der Waals surface area (Å²) in [6.07, 6.45) is 3.17. The highest BCUT2D eigenvalue weighted by Crippen LogP contribution is 2.44. The molecule has 0 radical (unpaired) electrons. The minimum atomic E-state index is -0.513. The number of benzene rings is 2.